The van der Waals surface area contributed by atoms with Gasteiger partial charge in [-0.1, -0.05) is 0 Å². The smallest absolute Gasteiger partial charge is 0.493 e. The highest BCUT2D eigenvalue weighted by atomic mass is 16.6. The molecule has 9 nitrogen and oxygen atoms in total. The van der Waals surface area contributed by atoms with E-state index in [4.69, 9.17) is 18.9 Å². The number of benzene rings is 2. The number of hydrogen-bond donors (Lipinski definition) is 2. The molecule has 34 heavy (non-hydrogen) atoms. The maximum Gasteiger partial charge on any atom is 0.551 e. The van der Waals surface area contributed by atoms with Gasteiger partial charge in [0.25, 0.3) is 0 Å². The van der Waals surface area contributed by atoms with Gasteiger partial charge in [-0.3, -0.25) is 0 Å². The van der Waals surface area contributed by atoms with Crippen LogP contribution in [0.2, 0.25) is 0 Å². The van der Waals surface area contributed by atoms with E-state index in [0.29, 0.717) is 11.5 Å². The second-order valence-corrected chi connectivity index (χ2v) is 8.35. The summed E-state index contributed by atoms with van der Waals surface area (Å²) in [4.78, 5) is 14.0. The summed E-state index contributed by atoms with van der Waals surface area (Å²) in [6.45, 7) is 5.43. The molecule has 9 heteroatoms. The summed E-state index contributed by atoms with van der Waals surface area (Å²) in [5.41, 5.74) is 1.52. The third-order valence-corrected chi connectivity index (χ3v) is 5.62. The largest absolute Gasteiger partial charge is 0.551 e. The first kappa shape index (κ1) is 23.4. The molecule has 180 valence electrons. The fourth-order valence-corrected chi connectivity index (χ4v) is 4.01. The van der Waals surface area contributed by atoms with Crippen molar-refractivity contribution in [2.75, 3.05) is 32.2 Å². The van der Waals surface area contributed by atoms with Gasteiger partial charge in [-0.25, -0.2) is 9.97 Å². The van der Waals surface area contributed by atoms with Gasteiger partial charge < -0.3 is 29.0 Å². The van der Waals surface area contributed by atoms with Crippen molar-refractivity contribution in [2.24, 2.45) is 0 Å². The van der Waals surface area contributed by atoms with Crippen LogP contribution in [-0.4, -0.2) is 60.7 Å². The van der Waals surface area contributed by atoms with Gasteiger partial charge in [0.15, 0.2) is 11.5 Å². The van der Waals surface area contributed by atoms with Crippen molar-refractivity contribution in [3.05, 3.63) is 42.7 Å². The predicted molar refractivity (Wildman–Crippen MR) is 129 cm³/mol. The Morgan fingerprint density at radius 3 is 2.35 bits per heavy atom. The van der Waals surface area contributed by atoms with E-state index in [1.165, 1.54) is 0 Å². The van der Waals surface area contributed by atoms with Crippen LogP contribution < -0.4 is 24.1 Å². The minimum absolute atomic E-state index is 0.102. The van der Waals surface area contributed by atoms with Crippen LogP contribution in [0.3, 0.4) is 0 Å². The van der Waals surface area contributed by atoms with E-state index in [1.54, 1.807) is 20.5 Å². The van der Waals surface area contributed by atoms with Crippen LogP contribution in [0.15, 0.2) is 42.7 Å². The second kappa shape index (κ2) is 10.5. The topological polar surface area (TPSA) is 100 Å². The zero-order chi connectivity index (χ0) is 24.1. The number of anilines is 1. The van der Waals surface area contributed by atoms with Gasteiger partial charge in [0.05, 0.1) is 25.8 Å². The highest BCUT2D eigenvalue weighted by molar-refractivity contribution is 5.92. The average Bonchev–Trinajstić information content (AvgIpc) is 2.84. The molecule has 3 aromatic rings. The molecule has 0 radical (unpaired) electrons. The molecule has 0 amide bonds. The first-order valence-corrected chi connectivity index (χ1v) is 11.3. The molecule has 0 atom stereocenters. The normalized spacial score (nSPS) is 15.0. The SMILES string of the molecule is COc1cc2ncnc(N3CCC(OC(O)=[NH+]c4ccc(OC(C)C)cc4)CC3)c2cc1OC. The van der Waals surface area contributed by atoms with Crippen molar-refractivity contribution in [1.29, 1.82) is 0 Å². The number of piperidine rings is 1. The second-order valence-electron chi connectivity index (χ2n) is 8.35. The van der Waals surface area contributed by atoms with E-state index in [9.17, 15) is 5.11 Å². The predicted octanol–water partition coefficient (Wildman–Crippen LogP) is 2.75. The van der Waals surface area contributed by atoms with Crippen molar-refractivity contribution in [2.45, 2.75) is 38.9 Å². The van der Waals surface area contributed by atoms with Crippen molar-refractivity contribution in [3.8, 4) is 17.2 Å². The van der Waals surface area contributed by atoms with Gasteiger partial charge in [0, 0.05) is 49.5 Å². The van der Waals surface area contributed by atoms with E-state index in [0.717, 1.165) is 54.1 Å². The fourth-order valence-electron chi connectivity index (χ4n) is 4.01. The van der Waals surface area contributed by atoms with Crippen LogP contribution in [0.4, 0.5) is 11.5 Å². The average molecular weight is 468 g/mol. The lowest BCUT2D eigenvalue weighted by atomic mass is 10.1. The van der Waals surface area contributed by atoms with Crippen LogP contribution in [0.1, 0.15) is 26.7 Å². The lowest BCUT2D eigenvalue weighted by molar-refractivity contribution is -0.384. The number of aromatic nitrogens is 2. The lowest BCUT2D eigenvalue weighted by Crippen LogP contribution is -2.67. The van der Waals surface area contributed by atoms with E-state index in [2.05, 4.69) is 19.9 Å². The van der Waals surface area contributed by atoms with Crippen LogP contribution >= 0.6 is 0 Å². The van der Waals surface area contributed by atoms with Crippen molar-refractivity contribution in [1.82, 2.24) is 9.97 Å². The molecule has 2 aromatic carbocycles. The Morgan fingerprint density at radius 2 is 1.71 bits per heavy atom. The highest BCUT2D eigenvalue weighted by Gasteiger charge is 2.25. The van der Waals surface area contributed by atoms with E-state index in [1.807, 2.05) is 50.2 Å². The molecular weight excluding hydrogens is 436 g/mol. The summed E-state index contributed by atoms with van der Waals surface area (Å²) in [6, 6.07) is 11.1. The molecule has 2 N–H and O–H groups in total. The molecule has 0 spiro atoms. The Balaban J connectivity index is 1.39. The fraction of sp³-hybridized carbons (Fsp3) is 0.400. The van der Waals surface area contributed by atoms with Gasteiger partial charge >= 0.3 is 6.08 Å². The summed E-state index contributed by atoms with van der Waals surface area (Å²) < 4.78 is 22.2. The number of fused-ring (bicyclic) bond motifs is 1. The molecule has 1 aliphatic heterocycles. The summed E-state index contributed by atoms with van der Waals surface area (Å²) in [5, 5.41) is 11.2. The van der Waals surface area contributed by atoms with Crippen LogP contribution in [0, 0.1) is 0 Å². The third kappa shape index (κ3) is 5.41. The molecule has 1 aromatic heterocycles. The Morgan fingerprint density at radius 1 is 1.03 bits per heavy atom. The van der Waals surface area contributed by atoms with Crippen molar-refractivity contribution in [3.63, 3.8) is 0 Å². The molecule has 1 saturated heterocycles. The molecule has 0 bridgehead atoms. The number of rotatable bonds is 7. The van der Waals surface area contributed by atoms with Crippen molar-refractivity contribution >= 4 is 28.5 Å². The number of ether oxygens (including phenoxy) is 4. The molecule has 1 fully saturated rings. The molecule has 1 aliphatic rings. The molecule has 2 heterocycles. The van der Waals surface area contributed by atoms with Gasteiger partial charge in [0.2, 0.25) is 5.69 Å². The van der Waals surface area contributed by atoms with Crippen LogP contribution in [0.25, 0.3) is 10.9 Å². The summed E-state index contributed by atoms with van der Waals surface area (Å²) in [7, 11) is 3.22. The summed E-state index contributed by atoms with van der Waals surface area (Å²) >= 11 is 0. The Hall–Kier alpha value is -3.75. The number of hydrogen-bond acceptors (Lipinski definition) is 7. The van der Waals surface area contributed by atoms with Crippen molar-refractivity contribution < 1.29 is 29.0 Å². The van der Waals surface area contributed by atoms with Gasteiger partial charge in [-0.2, -0.15) is 0 Å². The minimum atomic E-state index is -0.208. The molecule has 0 saturated carbocycles. The quantitative estimate of drug-likeness (QED) is 0.404. The van der Waals surface area contributed by atoms with E-state index in [-0.39, 0.29) is 18.3 Å². The number of nitrogens with one attached hydrogen (secondary N) is 1. The highest BCUT2D eigenvalue weighted by Crippen LogP contribution is 2.35. The van der Waals surface area contributed by atoms with Gasteiger partial charge in [-0.05, 0) is 32.0 Å². The van der Waals surface area contributed by atoms with E-state index < -0.39 is 0 Å². The number of methoxy groups -OCH3 is 2. The Labute approximate surface area is 199 Å². The van der Waals surface area contributed by atoms with E-state index >= 15 is 0 Å². The molecule has 0 aliphatic carbocycles. The van der Waals surface area contributed by atoms with Gasteiger partial charge in [0.1, 0.15) is 24.0 Å². The number of aliphatic hydroxyl groups is 1. The first-order chi connectivity index (χ1) is 16.5. The van der Waals surface area contributed by atoms with Crippen LogP contribution in [-0.2, 0) is 4.74 Å². The van der Waals surface area contributed by atoms with Crippen LogP contribution in [0.5, 0.6) is 17.2 Å². The maximum atomic E-state index is 10.3. The lowest BCUT2D eigenvalue weighted by Gasteiger charge is -2.32. The summed E-state index contributed by atoms with van der Waals surface area (Å²) in [5.74, 6) is 2.90. The number of nitrogens with zero attached hydrogens (tertiary/aromatic N) is 3. The zero-order valence-electron chi connectivity index (χ0n) is 19.9. The molecule has 0 unspecified atom stereocenters. The Bertz CT molecular complexity index is 1140. The van der Waals surface area contributed by atoms with Gasteiger partial charge in [-0.15, -0.1) is 4.99 Å². The summed E-state index contributed by atoms with van der Waals surface area (Å²) in [6.07, 6.45) is 2.85. The molecule has 4 rings (SSSR count). The zero-order valence-corrected chi connectivity index (χ0v) is 19.9. The monoisotopic (exact) mass is 467 g/mol. The third-order valence-electron chi connectivity index (χ3n) is 5.62. The minimum Gasteiger partial charge on any atom is -0.493 e. The first-order valence-electron chi connectivity index (χ1n) is 11.3. The number of aliphatic hydroxyl groups excluding tert-OH is 1. The standard InChI is InChI=1S/C25H30N4O5/c1-16(2)33-18-7-5-17(6-8-18)28-25(30)34-19-9-11-29(12-10-19)24-20-13-22(31-3)23(32-4)14-21(20)26-15-27-24/h5-8,13-16,19H,9-12H2,1-4H3,(H,28,30)/p+1. The maximum absolute atomic E-state index is 10.3. The molecular formula is C25H31N4O5+. The Kier molecular flexibility index (Phi) is 7.20.